The summed E-state index contributed by atoms with van der Waals surface area (Å²) in [5.74, 6) is 0.641. The van der Waals surface area contributed by atoms with Gasteiger partial charge >= 0.3 is 5.97 Å². The van der Waals surface area contributed by atoms with Gasteiger partial charge in [-0.25, -0.2) is 4.79 Å². The number of allylic oxidation sites excluding steroid dienone is 1. The molecule has 0 spiro atoms. The first kappa shape index (κ1) is 19.6. The third kappa shape index (κ3) is 3.54. The maximum atomic E-state index is 12.9. The molecule has 0 amide bonds. The number of esters is 1. The molecule has 8 heteroatoms. The summed E-state index contributed by atoms with van der Waals surface area (Å²) in [5.41, 5.74) is 2.51. The maximum absolute atomic E-state index is 12.9. The van der Waals surface area contributed by atoms with Crippen molar-refractivity contribution in [3.05, 3.63) is 80.9 Å². The lowest BCUT2D eigenvalue weighted by Gasteiger charge is -2.20. The van der Waals surface area contributed by atoms with Crippen molar-refractivity contribution in [3.63, 3.8) is 0 Å². The fourth-order valence-corrected chi connectivity index (χ4v) is 4.00. The van der Waals surface area contributed by atoms with Gasteiger partial charge in [0, 0.05) is 21.2 Å². The number of rotatable bonds is 3. The van der Waals surface area contributed by atoms with Crippen molar-refractivity contribution in [1.29, 1.82) is 0 Å². The molecule has 3 aromatic rings. The fourth-order valence-electron chi connectivity index (χ4n) is 3.48. The number of hydrogen-bond donors (Lipinski definition) is 0. The Kier molecular flexibility index (Phi) is 4.88. The van der Waals surface area contributed by atoms with Gasteiger partial charge in [0.05, 0.1) is 18.4 Å². The van der Waals surface area contributed by atoms with Crippen LogP contribution in [0.1, 0.15) is 37.6 Å². The second-order valence-electron chi connectivity index (χ2n) is 6.97. The normalized spacial score (nSPS) is 15.8. The molecule has 0 aliphatic carbocycles. The third-order valence-corrected chi connectivity index (χ3v) is 5.41. The summed E-state index contributed by atoms with van der Waals surface area (Å²) in [6.45, 7) is 2.29. The average molecular weight is 483 g/mol. The molecule has 2 aliphatic heterocycles. The Bertz CT molecular complexity index is 1240. The number of carbonyl (C=O) groups is 2. The highest BCUT2D eigenvalue weighted by atomic mass is 79.9. The van der Waals surface area contributed by atoms with Crippen LogP contribution in [0.4, 0.5) is 0 Å². The van der Waals surface area contributed by atoms with Gasteiger partial charge in [-0.15, -0.1) is 0 Å². The van der Waals surface area contributed by atoms with Crippen molar-refractivity contribution >= 4 is 33.8 Å². The predicted molar refractivity (Wildman–Crippen MR) is 112 cm³/mol. The zero-order valence-electron chi connectivity index (χ0n) is 16.3. The van der Waals surface area contributed by atoms with E-state index in [9.17, 15) is 9.59 Å². The first-order valence-electron chi connectivity index (χ1n) is 9.38. The van der Waals surface area contributed by atoms with Crippen LogP contribution in [0.5, 0.6) is 17.2 Å². The summed E-state index contributed by atoms with van der Waals surface area (Å²) < 4.78 is 28.2. The molecule has 0 atom stereocenters. The molecule has 2 aromatic carbocycles. The number of ketones is 1. The van der Waals surface area contributed by atoms with Crippen LogP contribution in [0, 0.1) is 6.92 Å². The molecule has 2 aliphatic rings. The zero-order chi connectivity index (χ0) is 21.5. The topological polar surface area (TPSA) is 84.2 Å². The van der Waals surface area contributed by atoms with Gasteiger partial charge in [0.1, 0.15) is 17.2 Å². The Balaban J connectivity index is 1.47. The minimum Gasteiger partial charge on any atom is -0.467 e. The van der Waals surface area contributed by atoms with Gasteiger partial charge in [-0.2, -0.15) is 0 Å². The van der Waals surface area contributed by atoms with Crippen LogP contribution in [-0.4, -0.2) is 18.5 Å². The van der Waals surface area contributed by atoms with E-state index in [2.05, 4.69) is 15.9 Å². The van der Waals surface area contributed by atoms with Crippen LogP contribution in [0.25, 0.3) is 6.08 Å². The third-order valence-electron chi connectivity index (χ3n) is 4.95. The Hall–Kier alpha value is -3.36. The van der Waals surface area contributed by atoms with Crippen molar-refractivity contribution in [1.82, 2.24) is 0 Å². The standard InChI is InChI=1S/C23H15BrO7/c1-12-17(31-23(26)18-3-2-6-28-18)5-4-16-20(25)19(30-21(12)16)9-13-7-15(24)8-14-10-27-11-29-22(13)14/h2-9H,10-11H2,1H3/b19-9-. The van der Waals surface area contributed by atoms with Crippen LogP contribution >= 0.6 is 15.9 Å². The Morgan fingerprint density at radius 1 is 1.19 bits per heavy atom. The monoisotopic (exact) mass is 482 g/mol. The number of hydrogen-bond acceptors (Lipinski definition) is 7. The molecule has 1 aromatic heterocycles. The Morgan fingerprint density at radius 3 is 2.87 bits per heavy atom. The van der Waals surface area contributed by atoms with Gasteiger partial charge in [0.15, 0.2) is 12.6 Å². The van der Waals surface area contributed by atoms with Gasteiger partial charge < -0.3 is 23.4 Å². The molecule has 0 fully saturated rings. The lowest BCUT2D eigenvalue weighted by Crippen LogP contribution is -2.12. The number of carbonyl (C=O) groups excluding carboxylic acids is 2. The zero-order valence-corrected chi connectivity index (χ0v) is 17.9. The summed E-state index contributed by atoms with van der Waals surface area (Å²) in [5, 5.41) is 0. The van der Waals surface area contributed by atoms with Crippen molar-refractivity contribution in [2.24, 2.45) is 0 Å². The highest BCUT2D eigenvalue weighted by Gasteiger charge is 2.31. The summed E-state index contributed by atoms with van der Waals surface area (Å²) in [4.78, 5) is 25.1. The second-order valence-corrected chi connectivity index (χ2v) is 7.88. The van der Waals surface area contributed by atoms with Gasteiger partial charge in [-0.05, 0) is 49.4 Å². The molecule has 5 rings (SSSR count). The molecule has 0 radical (unpaired) electrons. The summed E-state index contributed by atoms with van der Waals surface area (Å²) >= 11 is 3.47. The van der Waals surface area contributed by atoms with E-state index in [4.69, 9.17) is 23.4 Å². The van der Waals surface area contributed by atoms with Crippen LogP contribution in [0.15, 0.2) is 57.3 Å². The number of ether oxygens (including phenoxy) is 4. The molecule has 156 valence electrons. The molecule has 3 heterocycles. The van der Waals surface area contributed by atoms with Crippen molar-refractivity contribution < 1.29 is 33.0 Å². The van der Waals surface area contributed by atoms with Crippen LogP contribution in [0.2, 0.25) is 0 Å². The van der Waals surface area contributed by atoms with E-state index in [0.717, 1.165) is 10.0 Å². The molecule has 0 N–H and O–H groups in total. The van der Waals surface area contributed by atoms with Crippen LogP contribution in [0.3, 0.4) is 0 Å². The van der Waals surface area contributed by atoms with Crippen LogP contribution < -0.4 is 14.2 Å². The van der Waals surface area contributed by atoms with Gasteiger partial charge in [-0.1, -0.05) is 15.9 Å². The molecule has 31 heavy (non-hydrogen) atoms. The molecule has 7 nitrogen and oxygen atoms in total. The minimum absolute atomic E-state index is 0.0842. The first-order valence-corrected chi connectivity index (χ1v) is 10.2. The van der Waals surface area contributed by atoms with E-state index < -0.39 is 5.97 Å². The van der Waals surface area contributed by atoms with Crippen molar-refractivity contribution in [2.45, 2.75) is 13.5 Å². The van der Waals surface area contributed by atoms with Crippen LogP contribution in [-0.2, 0) is 11.3 Å². The molecular formula is C23H15BrO7. The number of Topliss-reactive ketones (excluding diaryl/α,β-unsaturated/α-hetero) is 1. The largest absolute Gasteiger partial charge is 0.467 e. The first-order chi connectivity index (χ1) is 15.0. The number of fused-ring (bicyclic) bond motifs is 2. The summed E-state index contributed by atoms with van der Waals surface area (Å²) in [6, 6.07) is 10.0. The van der Waals surface area contributed by atoms with Gasteiger partial charge in [0.2, 0.25) is 11.5 Å². The molecular weight excluding hydrogens is 468 g/mol. The fraction of sp³-hybridized carbons (Fsp3) is 0.130. The van der Waals surface area contributed by atoms with E-state index in [1.54, 1.807) is 31.2 Å². The van der Waals surface area contributed by atoms with E-state index >= 15 is 0 Å². The van der Waals surface area contributed by atoms with Gasteiger partial charge in [0.25, 0.3) is 0 Å². The average Bonchev–Trinajstić information content (AvgIpc) is 3.40. The van der Waals surface area contributed by atoms with Crippen molar-refractivity contribution in [3.8, 4) is 17.2 Å². The number of furan rings is 1. The SMILES string of the molecule is Cc1c(OC(=O)c2ccco2)ccc2c1O/C(=C\c1cc(Br)cc3c1OCOC3)C2=O. The van der Waals surface area contributed by atoms with E-state index in [1.807, 2.05) is 12.1 Å². The highest BCUT2D eigenvalue weighted by molar-refractivity contribution is 9.10. The van der Waals surface area contributed by atoms with Crippen molar-refractivity contribution in [2.75, 3.05) is 6.79 Å². The van der Waals surface area contributed by atoms with E-state index in [0.29, 0.717) is 34.8 Å². The number of benzene rings is 2. The number of halogens is 1. The predicted octanol–water partition coefficient (Wildman–Crippen LogP) is 5.05. The Labute approximate surface area is 185 Å². The Morgan fingerprint density at radius 2 is 2.06 bits per heavy atom. The molecule has 0 bridgehead atoms. The molecule has 0 saturated carbocycles. The van der Waals surface area contributed by atoms with E-state index in [-0.39, 0.29) is 29.8 Å². The lowest BCUT2D eigenvalue weighted by molar-refractivity contribution is -0.0165. The second kappa shape index (κ2) is 7.72. The quantitative estimate of drug-likeness (QED) is 0.293. The summed E-state index contributed by atoms with van der Waals surface area (Å²) in [7, 11) is 0. The minimum atomic E-state index is -0.631. The maximum Gasteiger partial charge on any atom is 0.379 e. The molecule has 0 unspecified atom stereocenters. The highest BCUT2D eigenvalue weighted by Crippen LogP contribution is 2.41. The van der Waals surface area contributed by atoms with E-state index in [1.165, 1.54) is 12.3 Å². The smallest absolute Gasteiger partial charge is 0.379 e. The lowest BCUT2D eigenvalue weighted by atomic mass is 10.0. The molecule has 0 saturated heterocycles. The van der Waals surface area contributed by atoms with Gasteiger partial charge in [-0.3, -0.25) is 4.79 Å². The summed E-state index contributed by atoms with van der Waals surface area (Å²) in [6.07, 6.45) is 3.03.